The van der Waals surface area contributed by atoms with Gasteiger partial charge in [0.05, 0.1) is 10.2 Å². The highest BCUT2D eigenvalue weighted by Crippen LogP contribution is 2.25. The van der Waals surface area contributed by atoms with Crippen molar-refractivity contribution in [3.8, 4) is 5.75 Å². The quantitative estimate of drug-likeness (QED) is 0.827. The lowest BCUT2D eigenvalue weighted by Gasteiger charge is -2.10. The molecule has 2 rings (SSSR count). The smallest absolute Gasteiger partial charge is 0.262 e. The van der Waals surface area contributed by atoms with Gasteiger partial charge in [0, 0.05) is 5.69 Å². The molecular formula is C15H14BrFN2O2. The van der Waals surface area contributed by atoms with Crippen molar-refractivity contribution in [3.63, 3.8) is 0 Å². The number of carbonyl (C=O) groups excluding carboxylic acids is 1. The number of nitrogen functional groups attached to an aromatic ring is 1. The summed E-state index contributed by atoms with van der Waals surface area (Å²) in [5.74, 6) is -0.468. The summed E-state index contributed by atoms with van der Waals surface area (Å²) in [6.07, 6.45) is 0. The van der Waals surface area contributed by atoms with Crippen molar-refractivity contribution in [1.82, 2.24) is 0 Å². The molecule has 110 valence electrons. The number of amides is 1. The lowest BCUT2D eigenvalue weighted by atomic mass is 10.2. The van der Waals surface area contributed by atoms with E-state index >= 15 is 0 Å². The van der Waals surface area contributed by atoms with Crippen molar-refractivity contribution in [2.24, 2.45) is 0 Å². The van der Waals surface area contributed by atoms with Gasteiger partial charge in [-0.1, -0.05) is 6.07 Å². The third-order valence-electron chi connectivity index (χ3n) is 2.71. The second-order valence-corrected chi connectivity index (χ2v) is 5.36. The summed E-state index contributed by atoms with van der Waals surface area (Å²) in [7, 11) is 0. The Labute approximate surface area is 130 Å². The predicted molar refractivity (Wildman–Crippen MR) is 83.8 cm³/mol. The predicted octanol–water partition coefficient (Wildman–Crippen LogP) is 3.50. The van der Waals surface area contributed by atoms with Crippen LogP contribution in [0.25, 0.3) is 0 Å². The summed E-state index contributed by atoms with van der Waals surface area (Å²) in [5.41, 5.74) is 7.02. The van der Waals surface area contributed by atoms with E-state index in [-0.39, 0.29) is 12.3 Å². The van der Waals surface area contributed by atoms with E-state index in [0.29, 0.717) is 11.4 Å². The second kappa shape index (κ2) is 6.58. The number of anilines is 2. The Morgan fingerprint density at radius 1 is 1.33 bits per heavy atom. The number of halogens is 2. The molecular weight excluding hydrogens is 339 g/mol. The summed E-state index contributed by atoms with van der Waals surface area (Å²) >= 11 is 3.35. The van der Waals surface area contributed by atoms with E-state index in [9.17, 15) is 9.18 Å². The highest BCUT2D eigenvalue weighted by molar-refractivity contribution is 9.10. The van der Waals surface area contributed by atoms with Crippen LogP contribution in [0.3, 0.4) is 0 Å². The largest absolute Gasteiger partial charge is 0.483 e. The van der Waals surface area contributed by atoms with Gasteiger partial charge in [0.15, 0.2) is 6.61 Å². The first-order chi connectivity index (χ1) is 9.95. The van der Waals surface area contributed by atoms with Crippen molar-refractivity contribution in [2.45, 2.75) is 6.92 Å². The molecule has 0 unspecified atom stereocenters. The van der Waals surface area contributed by atoms with Crippen LogP contribution >= 0.6 is 15.9 Å². The molecule has 1 amide bonds. The average Bonchev–Trinajstić information content (AvgIpc) is 2.42. The highest BCUT2D eigenvalue weighted by atomic mass is 79.9. The van der Waals surface area contributed by atoms with Crippen LogP contribution in [0.5, 0.6) is 5.75 Å². The van der Waals surface area contributed by atoms with E-state index in [4.69, 9.17) is 10.5 Å². The van der Waals surface area contributed by atoms with Crippen LogP contribution in [-0.4, -0.2) is 12.5 Å². The third-order valence-corrected chi connectivity index (χ3v) is 3.33. The molecule has 0 bridgehead atoms. The molecule has 0 aliphatic heterocycles. The standard InChI is InChI=1S/C15H14BrFN2O2/c1-9-2-5-14(11(16)6-9)21-8-15(20)19-13-7-10(18)3-4-12(13)17/h2-7H,8,18H2,1H3,(H,19,20). The minimum atomic E-state index is -0.547. The van der Waals surface area contributed by atoms with Crippen LogP contribution in [0.4, 0.5) is 15.8 Å². The van der Waals surface area contributed by atoms with Crippen molar-refractivity contribution >= 4 is 33.2 Å². The first kappa shape index (κ1) is 15.3. The van der Waals surface area contributed by atoms with E-state index in [2.05, 4.69) is 21.2 Å². The molecule has 0 radical (unpaired) electrons. The van der Waals surface area contributed by atoms with E-state index in [1.165, 1.54) is 18.2 Å². The Hall–Kier alpha value is -2.08. The Kier molecular flexibility index (Phi) is 4.80. The van der Waals surface area contributed by atoms with E-state index < -0.39 is 11.7 Å². The number of rotatable bonds is 4. The number of aryl methyl sites for hydroxylation is 1. The molecule has 21 heavy (non-hydrogen) atoms. The van der Waals surface area contributed by atoms with Crippen LogP contribution in [0.1, 0.15) is 5.56 Å². The molecule has 0 saturated heterocycles. The minimum Gasteiger partial charge on any atom is -0.483 e. The summed E-state index contributed by atoms with van der Waals surface area (Å²) in [6.45, 7) is 1.72. The number of benzene rings is 2. The van der Waals surface area contributed by atoms with Crippen LogP contribution in [0, 0.1) is 12.7 Å². The molecule has 0 saturated carbocycles. The Morgan fingerprint density at radius 2 is 2.10 bits per heavy atom. The summed E-state index contributed by atoms with van der Waals surface area (Å²) < 4.78 is 19.6. The Bertz CT molecular complexity index is 677. The minimum absolute atomic E-state index is 0.0339. The third kappa shape index (κ3) is 4.19. The normalized spacial score (nSPS) is 10.2. The van der Waals surface area contributed by atoms with Crippen LogP contribution in [0.2, 0.25) is 0 Å². The van der Waals surface area contributed by atoms with Gasteiger partial charge in [-0.25, -0.2) is 4.39 Å². The van der Waals surface area contributed by atoms with Gasteiger partial charge in [-0.15, -0.1) is 0 Å². The number of carbonyl (C=O) groups is 1. The van der Waals surface area contributed by atoms with E-state index in [0.717, 1.165) is 10.0 Å². The summed E-state index contributed by atoms with van der Waals surface area (Å²) in [6, 6.07) is 9.48. The molecule has 0 fully saturated rings. The van der Waals surface area contributed by atoms with Crippen molar-refractivity contribution in [1.29, 1.82) is 0 Å². The molecule has 0 aliphatic rings. The lowest BCUT2D eigenvalue weighted by Crippen LogP contribution is -2.21. The molecule has 0 aromatic heterocycles. The molecule has 2 aromatic carbocycles. The molecule has 6 heteroatoms. The summed E-state index contributed by atoms with van der Waals surface area (Å²) in [5, 5.41) is 2.42. The van der Waals surface area contributed by atoms with Crippen molar-refractivity contribution in [3.05, 3.63) is 52.3 Å². The molecule has 0 atom stereocenters. The van der Waals surface area contributed by atoms with Gasteiger partial charge < -0.3 is 15.8 Å². The van der Waals surface area contributed by atoms with Gasteiger partial charge in [-0.3, -0.25) is 4.79 Å². The van der Waals surface area contributed by atoms with Gasteiger partial charge in [0.25, 0.3) is 5.91 Å². The molecule has 0 heterocycles. The highest BCUT2D eigenvalue weighted by Gasteiger charge is 2.09. The van der Waals surface area contributed by atoms with Gasteiger partial charge in [0.2, 0.25) is 0 Å². The van der Waals surface area contributed by atoms with Gasteiger partial charge in [-0.2, -0.15) is 0 Å². The maximum atomic E-state index is 13.5. The Balaban J connectivity index is 1.97. The van der Waals surface area contributed by atoms with Crippen LogP contribution in [0.15, 0.2) is 40.9 Å². The number of hydrogen-bond donors (Lipinski definition) is 2. The molecule has 0 spiro atoms. The molecule has 2 aromatic rings. The monoisotopic (exact) mass is 352 g/mol. The van der Waals surface area contributed by atoms with Crippen molar-refractivity contribution < 1.29 is 13.9 Å². The molecule has 4 nitrogen and oxygen atoms in total. The maximum Gasteiger partial charge on any atom is 0.262 e. The van der Waals surface area contributed by atoms with Gasteiger partial charge in [-0.05, 0) is 58.7 Å². The zero-order chi connectivity index (χ0) is 15.4. The summed E-state index contributed by atoms with van der Waals surface area (Å²) in [4.78, 5) is 11.8. The second-order valence-electron chi connectivity index (χ2n) is 4.51. The molecule has 3 N–H and O–H groups in total. The zero-order valence-corrected chi connectivity index (χ0v) is 12.9. The van der Waals surface area contributed by atoms with E-state index in [1.54, 1.807) is 6.07 Å². The van der Waals surface area contributed by atoms with E-state index in [1.807, 2.05) is 19.1 Å². The first-order valence-corrected chi connectivity index (χ1v) is 6.99. The number of nitrogens with one attached hydrogen (secondary N) is 1. The fourth-order valence-electron chi connectivity index (χ4n) is 1.69. The molecule has 0 aliphatic carbocycles. The van der Waals surface area contributed by atoms with Crippen LogP contribution < -0.4 is 15.8 Å². The zero-order valence-electron chi connectivity index (χ0n) is 11.3. The fourth-order valence-corrected chi connectivity index (χ4v) is 2.30. The topological polar surface area (TPSA) is 64.3 Å². The Morgan fingerprint density at radius 3 is 2.81 bits per heavy atom. The fraction of sp³-hybridized carbons (Fsp3) is 0.133. The number of hydrogen-bond acceptors (Lipinski definition) is 3. The average molecular weight is 353 g/mol. The maximum absolute atomic E-state index is 13.5. The van der Waals surface area contributed by atoms with Gasteiger partial charge >= 0.3 is 0 Å². The van der Waals surface area contributed by atoms with Crippen molar-refractivity contribution in [2.75, 3.05) is 17.7 Å². The van der Waals surface area contributed by atoms with Gasteiger partial charge in [0.1, 0.15) is 11.6 Å². The lowest BCUT2D eigenvalue weighted by molar-refractivity contribution is -0.118. The SMILES string of the molecule is Cc1ccc(OCC(=O)Nc2cc(N)ccc2F)c(Br)c1. The van der Waals surface area contributed by atoms with Crippen LogP contribution in [-0.2, 0) is 4.79 Å². The number of ether oxygens (including phenoxy) is 1. The first-order valence-electron chi connectivity index (χ1n) is 6.19. The number of nitrogens with two attached hydrogens (primary N) is 1.